The SMILES string of the molecule is O=C(OCc1ccccc1)N1C[C@@H](CO)[C@H](c2ccc(Cl)cc2)C1. The Balaban J connectivity index is 1.62. The Morgan fingerprint density at radius 3 is 2.50 bits per heavy atom. The zero-order valence-electron chi connectivity index (χ0n) is 13.3. The van der Waals surface area contributed by atoms with Gasteiger partial charge in [-0.3, -0.25) is 0 Å². The molecule has 24 heavy (non-hydrogen) atoms. The summed E-state index contributed by atoms with van der Waals surface area (Å²) in [5, 5.41) is 10.3. The Kier molecular flexibility index (Phi) is 5.38. The fourth-order valence-corrected chi connectivity index (χ4v) is 3.23. The number of aliphatic hydroxyl groups is 1. The molecule has 1 aliphatic heterocycles. The van der Waals surface area contributed by atoms with Crippen molar-refractivity contribution < 1.29 is 14.6 Å². The van der Waals surface area contributed by atoms with Crippen molar-refractivity contribution in [1.29, 1.82) is 0 Å². The summed E-state index contributed by atoms with van der Waals surface area (Å²) in [6.45, 7) is 1.33. The van der Waals surface area contributed by atoms with Crippen molar-refractivity contribution in [2.75, 3.05) is 19.7 Å². The summed E-state index contributed by atoms with van der Waals surface area (Å²) in [4.78, 5) is 14.0. The van der Waals surface area contributed by atoms with E-state index >= 15 is 0 Å². The first-order chi connectivity index (χ1) is 11.7. The molecule has 0 aliphatic carbocycles. The van der Waals surface area contributed by atoms with E-state index < -0.39 is 0 Å². The molecule has 2 atom stereocenters. The fraction of sp³-hybridized carbons (Fsp3) is 0.316. The highest BCUT2D eigenvalue weighted by Crippen LogP contribution is 2.33. The van der Waals surface area contributed by atoms with Crippen molar-refractivity contribution in [3.05, 3.63) is 70.7 Å². The molecule has 4 nitrogen and oxygen atoms in total. The maximum Gasteiger partial charge on any atom is 0.410 e. The third-order valence-corrected chi connectivity index (χ3v) is 4.69. The highest BCUT2D eigenvalue weighted by molar-refractivity contribution is 6.30. The van der Waals surface area contributed by atoms with Gasteiger partial charge in [0.05, 0.1) is 0 Å². The molecule has 0 saturated carbocycles. The van der Waals surface area contributed by atoms with Crippen molar-refractivity contribution in [3.63, 3.8) is 0 Å². The van der Waals surface area contributed by atoms with Crippen molar-refractivity contribution in [2.45, 2.75) is 12.5 Å². The van der Waals surface area contributed by atoms with Crippen LogP contribution in [0.3, 0.4) is 0 Å². The van der Waals surface area contributed by atoms with E-state index in [0.717, 1.165) is 11.1 Å². The monoisotopic (exact) mass is 345 g/mol. The molecule has 126 valence electrons. The molecule has 1 amide bonds. The summed E-state index contributed by atoms with van der Waals surface area (Å²) in [6.07, 6.45) is -0.339. The summed E-state index contributed by atoms with van der Waals surface area (Å²) in [7, 11) is 0. The van der Waals surface area contributed by atoms with E-state index in [1.807, 2.05) is 54.6 Å². The van der Waals surface area contributed by atoms with Crippen molar-refractivity contribution in [3.8, 4) is 0 Å². The molecular formula is C19H20ClNO3. The minimum Gasteiger partial charge on any atom is -0.445 e. The van der Waals surface area contributed by atoms with Crippen LogP contribution in [0.15, 0.2) is 54.6 Å². The maximum absolute atomic E-state index is 12.3. The van der Waals surface area contributed by atoms with Gasteiger partial charge in [-0.1, -0.05) is 54.1 Å². The van der Waals surface area contributed by atoms with Gasteiger partial charge in [-0.2, -0.15) is 0 Å². The first-order valence-corrected chi connectivity index (χ1v) is 8.37. The predicted octanol–water partition coefficient (Wildman–Crippen LogP) is 3.68. The number of likely N-dealkylation sites (tertiary alicyclic amines) is 1. The van der Waals surface area contributed by atoms with Crippen LogP contribution < -0.4 is 0 Å². The largest absolute Gasteiger partial charge is 0.445 e. The zero-order chi connectivity index (χ0) is 16.9. The second-order valence-electron chi connectivity index (χ2n) is 6.05. The molecule has 0 unspecified atom stereocenters. The number of hydrogen-bond donors (Lipinski definition) is 1. The molecule has 0 bridgehead atoms. The third kappa shape index (κ3) is 3.89. The molecular weight excluding hydrogens is 326 g/mol. The van der Waals surface area contributed by atoms with Gasteiger partial charge in [0.15, 0.2) is 0 Å². The Morgan fingerprint density at radius 2 is 1.83 bits per heavy atom. The van der Waals surface area contributed by atoms with Gasteiger partial charge in [-0.25, -0.2) is 4.79 Å². The number of halogens is 1. The molecule has 1 saturated heterocycles. The minimum atomic E-state index is -0.339. The summed E-state index contributed by atoms with van der Waals surface area (Å²) in [6, 6.07) is 17.2. The van der Waals surface area contributed by atoms with Crippen LogP contribution in [-0.2, 0) is 11.3 Å². The highest BCUT2D eigenvalue weighted by atomic mass is 35.5. The number of aliphatic hydroxyl groups excluding tert-OH is 1. The molecule has 2 aromatic rings. The molecule has 0 aromatic heterocycles. The maximum atomic E-state index is 12.3. The lowest BCUT2D eigenvalue weighted by Crippen LogP contribution is -2.29. The van der Waals surface area contributed by atoms with Crippen LogP contribution in [0.25, 0.3) is 0 Å². The van der Waals surface area contributed by atoms with E-state index in [1.165, 1.54) is 0 Å². The topological polar surface area (TPSA) is 49.8 Å². The van der Waals surface area contributed by atoms with Crippen LogP contribution in [0.1, 0.15) is 17.0 Å². The van der Waals surface area contributed by atoms with Gasteiger partial charge in [0, 0.05) is 36.6 Å². The van der Waals surface area contributed by atoms with Gasteiger partial charge in [0.2, 0.25) is 0 Å². The van der Waals surface area contributed by atoms with Gasteiger partial charge >= 0.3 is 6.09 Å². The molecule has 0 spiro atoms. The number of ether oxygens (including phenoxy) is 1. The zero-order valence-corrected chi connectivity index (χ0v) is 14.0. The number of carbonyl (C=O) groups is 1. The molecule has 0 radical (unpaired) electrons. The number of amides is 1. The van der Waals surface area contributed by atoms with E-state index in [9.17, 15) is 9.90 Å². The number of carbonyl (C=O) groups excluding carboxylic acids is 1. The van der Waals surface area contributed by atoms with Crippen LogP contribution in [0, 0.1) is 5.92 Å². The first kappa shape index (κ1) is 16.8. The van der Waals surface area contributed by atoms with Crippen molar-refractivity contribution in [1.82, 2.24) is 4.90 Å². The summed E-state index contributed by atoms with van der Waals surface area (Å²) >= 11 is 5.93. The molecule has 1 aliphatic rings. The van der Waals surface area contributed by atoms with E-state index in [-0.39, 0.29) is 31.1 Å². The van der Waals surface area contributed by atoms with Gasteiger partial charge in [0.1, 0.15) is 6.61 Å². The summed E-state index contributed by atoms with van der Waals surface area (Å²) < 4.78 is 5.39. The lowest BCUT2D eigenvalue weighted by atomic mass is 9.90. The van der Waals surface area contributed by atoms with Crippen LogP contribution >= 0.6 is 11.6 Å². The van der Waals surface area contributed by atoms with E-state index in [4.69, 9.17) is 16.3 Å². The average Bonchev–Trinajstić information content (AvgIpc) is 3.05. The summed E-state index contributed by atoms with van der Waals surface area (Å²) in [5.41, 5.74) is 2.04. The van der Waals surface area contributed by atoms with Crippen LogP contribution in [-0.4, -0.2) is 35.8 Å². The van der Waals surface area contributed by atoms with Gasteiger partial charge in [-0.15, -0.1) is 0 Å². The molecule has 3 rings (SSSR count). The van der Waals surface area contributed by atoms with E-state index in [0.29, 0.717) is 18.1 Å². The van der Waals surface area contributed by atoms with Crippen molar-refractivity contribution >= 4 is 17.7 Å². The lowest BCUT2D eigenvalue weighted by molar-refractivity contribution is 0.101. The van der Waals surface area contributed by atoms with Crippen LogP contribution in [0.5, 0.6) is 0 Å². The second-order valence-corrected chi connectivity index (χ2v) is 6.48. The highest BCUT2D eigenvalue weighted by Gasteiger charge is 2.36. The third-order valence-electron chi connectivity index (χ3n) is 4.44. The normalized spacial score (nSPS) is 20.2. The fourth-order valence-electron chi connectivity index (χ4n) is 3.10. The minimum absolute atomic E-state index is 0.00968. The number of benzene rings is 2. The van der Waals surface area contributed by atoms with Gasteiger partial charge in [0.25, 0.3) is 0 Å². The van der Waals surface area contributed by atoms with Gasteiger partial charge in [-0.05, 0) is 23.3 Å². The van der Waals surface area contributed by atoms with Crippen molar-refractivity contribution in [2.24, 2.45) is 5.92 Å². The van der Waals surface area contributed by atoms with Crippen LogP contribution in [0.2, 0.25) is 5.02 Å². The molecule has 2 aromatic carbocycles. The lowest BCUT2D eigenvalue weighted by Gasteiger charge is -2.17. The molecule has 1 heterocycles. The quantitative estimate of drug-likeness (QED) is 0.919. The molecule has 1 N–H and O–H groups in total. The smallest absolute Gasteiger partial charge is 0.410 e. The Hall–Kier alpha value is -2.04. The van der Waals surface area contributed by atoms with Crippen LogP contribution in [0.4, 0.5) is 4.79 Å². The number of hydrogen-bond acceptors (Lipinski definition) is 3. The van der Waals surface area contributed by atoms with E-state index in [1.54, 1.807) is 4.90 Å². The average molecular weight is 346 g/mol. The number of nitrogens with zero attached hydrogens (tertiary/aromatic N) is 1. The second kappa shape index (κ2) is 7.69. The predicted molar refractivity (Wildman–Crippen MR) is 93.0 cm³/mol. The molecule has 5 heteroatoms. The van der Waals surface area contributed by atoms with E-state index in [2.05, 4.69) is 0 Å². The first-order valence-electron chi connectivity index (χ1n) is 7.99. The standard InChI is InChI=1S/C19H20ClNO3/c20-17-8-6-15(7-9-17)18-11-21(10-16(18)12-22)19(23)24-13-14-4-2-1-3-5-14/h1-9,16,18,22H,10-13H2/t16-,18-/m0/s1. The summed E-state index contributed by atoms with van der Waals surface area (Å²) in [5.74, 6) is 0.104. The number of rotatable bonds is 4. The molecule has 1 fully saturated rings. The Labute approximate surface area is 146 Å². The Bertz CT molecular complexity index is 675. The Morgan fingerprint density at radius 1 is 1.12 bits per heavy atom. The van der Waals surface area contributed by atoms with Gasteiger partial charge < -0.3 is 14.7 Å².